The Morgan fingerprint density at radius 1 is 1.30 bits per heavy atom. The minimum absolute atomic E-state index is 0. The van der Waals surface area contributed by atoms with Crippen LogP contribution in [-0.4, -0.2) is 63.1 Å². The molecule has 1 aliphatic heterocycles. The Morgan fingerprint density at radius 3 is 2.67 bits per heavy atom. The molecule has 9 heteroatoms. The van der Waals surface area contributed by atoms with E-state index in [0.29, 0.717) is 24.7 Å². The fraction of sp³-hybridized carbons (Fsp3) is 0.619. The lowest BCUT2D eigenvalue weighted by Crippen LogP contribution is -2.50. The van der Waals surface area contributed by atoms with Crippen molar-refractivity contribution in [2.45, 2.75) is 45.4 Å². The second kappa shape index (κ2) is 14.5. The number of methoxy groups -OCH3 is 1. The SMILES string of the molecule is CCCNC(=O)CN1CCC(NC(=NC)NCc2ccc(F)c(COC)c2)CC1.I. The topological polar surface area (TPSA) is 78.0 Å². The Kier molecular flexibility index (Phi) is 12.9. The number of nitrogens with zero attached hydrogens (tertiary/aromatic N) is 2. The van der Waals surface area contributed by atoms with E-state index in [9.17, 15) is 9.18 Å². The molecule has 0 saturated carbocycles. The van der Waals surface area contributed by atoms with Crippen molar-refractivity contribution in [1.82, 2.24) is 20.9 Å². The van der Waals surface area contributed by atoms with Crippen LogP contribution in [-0.2, 0) is 22.7 Å². The Labute approximate surface area is 196 Å². The third kappa shape index (κ3) is 9.13. The van der Waals surface area contributed by atoms with Crippen molar-refractivity contribution in [3.63, 3.8) is 0 Å². The third-order valence-corrected chi connectivity index (χ3v) is 4.96. The van der Waals surface area contributed by atoms with Crippen LogP contribution in [0.25, 0.3) is 0 Å². The molecule has 3 N–H and O–H groups in total. The summed E-state index contributed by atoms with van der Waals surface area (Å²) in [7, 11) is 3.29. The normalized spacial score (nSPS) is 15.4. The Morgan fingerprint density at radius 2 is 2.03 bits per heavy atom. The van der Waals surface area contributed by atoms with Gasteiger partial charge in [0, 0.05) is 51.9 Å². The summed E-state index contributed by atoms with van der Waals surface area (Å²) in [6, 6.07) is 5.35. The first kappa shape index (κ1) is 26.6. The molecule has 1 amide bonds. The summed E-state index contributed by atoms with van der Waals surface area (Å²) in [5, 5.41) is 9.66. The molecule has 0 bridgehead atoms. The van der Waals surface area contributed by atoms with Crippen LogP contribution in [0.3, 0.4) is 0 Å². The molecule has 7 nitrogen and oxygen atoms in total. The van der Waals surface area contributed by atoms with Gasteiger partial charge in [0.15, 0.2) is 5.96 Å². The van der Waals surface area contributed by atoms with Crippen LogP contribution in [0.15, 0.2) is 23.2 Å². The first-order chi connectivity index (χ1) is 14.0. The van der Waals surface area contributed by atoms with Crippen LogP contribution < -0.4 is 16.0 Å². The van der Waals surface area contributed by atoms with Crippen molar-refractivity contribution in [3.05, 3.63) is 35.1 Å². The molecule has 0 aromatic heterocycles. The molecule has 0 aliphatic carbocycles. The van der Waals surface area contributed by atoms with Crippen LogP contribution in [0.4, 0.5) is 4.39 Å². The van der Waals surface area contributed by atoms with Crippen LogP contribution in [0.2, 0.25) is 0 Å². The minimum atomic E-state index is -0.256. The number of ether oxygens (including phenoxy) is 1. The summed E-state index contributed by atoms with van der Waals surface area (Å²) in [5.74, 6) is 0.567. The van der Waals surface area contributed by atoms with Gasteiger partial charge in [-0.1, -0.05) is 13.0 Å². The van der Waals surface area contributed by atoms with E-state index in [1.807, 2.05) is 6.92 Å². The number of nitrogens with one attached hydrogen (secondary N) is 3. The molecule has 1 saturated heterocycles. The Bertz CT molecular complexity index is 681. The molecule has 1 aromatic carbocycles. The van der Waals surface area contributed by atoms with Gasteiger partial charge in [0.1, 0.15) is 5.82 Å². The van der Waals surface area contributed by atoms with Crippen molar-refractivity contribution in [1.29, 1.82) is 0 Å². The average Bonchev–Trinajstić information content (AvgIpc) is 2.73. The van der Waals surface area contributed by atoms with Crippen molar-refractivity contribution in [3.8, 4) is 0 Å². The maximum atomic E-state index is 13.7. The number of carbonyl (C=O) groups excluding carboxylic acids is 1. The lowest BCUT2D eigenvalue weighted by Gasteiger charge is -2.32. The predicted octanol–water partition coefficient (Wildman–Crippen LogP) is 2.25. The predicted molar refractivity (Wildman–Crippen MR) is 129 cm³/mol. The molecule has 1 heterocycles. The highest BCUT2D eigenvalue weighted by Crippen LogP contribution is 2.12. The summed E-state index contributed by atoms with van der Waals surface area (Å²) in [4.78, 5) is 18.3. The van der Waals surface area contributed by atoms with E-state index in [1.165, 1.54) is 6.07 Å². The zero-order valence-corrected chi connectivity index (χ0v) is 20.5. The monoisotopic (exact) mass is 535 g/mol. The summed E-state index contributed by atoms with van der Waals surface area (Å²) in [6.45, 7) is 5.81. The van der Waals surface area contributed by atoms with Crippen LogP contribution in [0.5, 0.6) is 0 Å². The number of piperidine rings is 1. The number of aliphatic imine (C=N–C) groups is 1. The van der Waals surface area contributed by atoms with Crippen molar-refractivity contribution >= 4 is 35.8 Å². The Balaban J connectivity index is 0.00000450. The van der Waals surface area contributed by atoms with Gasteiger partial charge in [-0.05, 0) is 37.0 Å². The molecule has 2 rings (SSSR count). The molecule has 170 valence electrons. The molecule has 0 atom stereocenters. The smallest absolute Gasteiger partial charge is 0.234 e. The van der Waals surface area contributed by atoms with Crippen molar-refractivity contribution in [2.75, 3.05) is 40.3 Å². The third-order valence-electron chi connectivity index (χ3n) is 4.96. The molecule has 0 unspecified atom stereocenters. The number of rotatable bonds is 9. The maximum Gasteiger partial charge on any atom is 0.234 e. The lowest BCUT2D eigenvalue weighted by atomic mass is 10.1. The lowest BCUT2D eigenvalue weighted by molar-refractivity contribution is -0.122. The average molecular weight is 535 g/mol. The number of guanidine groups is 1. The molecule has 1 aromatic rings. The van der Waals surface area contributed by atoms with Crippen LogP contribution in [0.1, 0.15) is 37.3 Å². The maximum absolute atomic E-state index is 13.7. The fourth-order valence-corrected chi connectivity index (χ4v) is 3.34. The quantitative estimate of drug-likeness (QED) is 0.257. The summed E-state index contributed by atoms with van der Waals surface area (Å²) < 4.78 is 18.8. The fourth-order valence-electron chi connectivity index (χ4n) is 3.34. The number of carbonyl (C=O) groups is 1. The zero-order valence-electron chi connectivity index (χ0n) is 18.2. The number of hydrogen-bond acceptors (Lipinski definition) is 4. The number of hydrogen-bond donors (Lipinski definition) is 3. The highest BCUT2D eigenvalue weighted by atomic mass is 127. The van der Waals surface area contributed by atoms with E-state index >= 15 is 0 Å². The minimum Gasteiger partial charge on any atom is -0.380 e. The number of likely N-dealkylation sites (tertiary alicyclic amines) is 1. The number of amides is 1. The first-order valence-electron chi connectivity index (χ1n) is 10.3. The number of benzene rings is 1. The molecular formula is C21H35FIN5O2. The largest absolute Gasteiger partial charge is 0.380 e. The van der Waals surface area contributed by atoms with E-state index in [0.717, 1.165) is 50.4 Å². The van der Waals surface area contributed by atoms with Gasteiger partial charge in [-0.15, -0.1) is 24.0 Å². The second-order valence-electron chi connectivity index (χ2n) is 7.33. The second-order valence-corrected chi connectivity index (χ2v) is 7.33. The summed E-state index contributed by atoms with van der Waals surface area (Å²) in [6.07, 6.45) is 2.86. The summed E-state index contributed by atoms with van der Waals surface area (Å²) >= 11 is 0. The van der Waals surface area contributed by atoms with Gasteiger partial charge >= 0.3 is 0 Å². The first-order valence-corrected chi connectivity index (χ1v) is 10.3. The molecule has 1 fully saturated rings. The highest BCUT2D eigenvalue weighted by Gasteiger charge is 2.21. The van der Waals surface area contributed by atoms with Crippen LogP contribution >= 0.6 is 24.0 Å². The summed E-state index contributed by atoms with van der Waals surface area (Å²) in [5.41, 5.74) is 1.51. The molecule has 1 aliphatic rings. The van der Waals surface area contributed by atoms with E-state index < -0.39 is 0 Å². The molecular weight excluding hydrogens is 500 g/mol. The van der Waals surface area contributed by atoms with Crippen molar-refractivity contribution < 1.29 is 13.9 Å². The van der Waals surface area contributed by atoms with Gasteiger partial charge in [0.25, 0.3) is 0 Å². The molecule has 30 heavy (non-hydrogen) atoms. The van der Waals surface area contributed by atoms with E-state index in [4.69, 9.17) is 4.74 Å². The van der Waals surface area contributed by atoms with Crippen molar-refractivity contribution in [2.24, 2.45) is 4.99 Å². The van der Waals surface area contributed by atoms with E-state index in [2.05, 4.69) is 25.8 Å². The standard InChI is InChI=1S/C21H34FN5O2.HI/c1-4-9-24-20(28)14-27-10-7-18(8-11-27)26-21(23-2)25-13-16-5-6-19(22)17(12-16)15-29-3;/h5-6,12,18H,4,7-11,13-15H2,1-3H3,(H,24,28)(H2,23,25,26);1H. The van der Waals surface area contributed by atoms with Gasteiger partial charge < -0.3 is 20.7 Å². The van der Waals surface area contributed by atoms with Gasteiger partial charge in [0.05, 0.1) is 13.2 Å². The van der Waals surface area contributed by atoms with Gasteiger partial charge in [-0.2, -0.15) is 0 Å². The Hall–Kier alpha value is -1.46. The van der Waals surface area contributed by atoms with Gasteiger partial charge in [-0.25, -0.2) is 4.39 Å². The molecule has 0 spiro atoms. The molecule has 0 radical (unpaired) electrons. The van der Waals surface area contributed by atoms with E-state index in [1.54, 1.807) is 26.3 Å². The van der Waals surface area contributed by atoms with Crippen LogP contribution in [0, 0.1) is 5.82 Å². The van der Waals surface area contributed by atoms with Gasteiger partial charge in [-0.3, -0.25) is 14.7 Å². The van der Waals surface area contributed by atoms with E-state index in [-0.39, 0.29) is 42.3 Å². The zero-order chi connectivity index (χ0) is 21.1. The van der Waals surface area contributed by atoms with Gasteiger partial charge in [0.2, 0.25) is 5.91 Å². The number of halogens is 2. The highest BCUT2D eigenvalue weighted by molar-refractivity contribution is 14.0.